The number of aliphatic imine (C=N–C) groups is 1. The third-order valence-electron chi connectivity index (χ3n) is 2.42. The number of hydrogen-bond donors (Lipinski definition) is 2. The van der Waals surface area contributed by atoms with Crippen LogP contribution >= 0.6 is 0 Å². The Bertz CT molecular complexity index is 272. The Kier molecular flexibility index (Phi) is 10.2. The molecule has 0 saturated carbocycles. The molecule has 0 heterocycles. The minimum absolute atomic E-state index is 0.377. The van der Waals surface area contributed by atoms with E-state index in [1.807, 2.05) is 6.92 Å². The van der Waals surface area contributed by atoms with Gasteiger partial charge in [-0.3, -0.25) is 9.89 Å². The molecule has 0 fully saturated rings. The molecule has 0 bridgehead atoms. The first-order valence-electron chi connectivity index (χ1n) is 6.66. The molecule has 8 heteroatoms. The molecule has 5 nitrogen and oxygen atoms in total. The maximum absolute atomic E-state index is 12.1. The number of rotatable bonds is 9. The maximum Gasteiger partial charge on any atom is 0.401 e. The summed E-state index contributed by atoms with van der Waals surface area (Å²) in [6.45, 7) is 3.88. The van der Waals surface area contributed by atoms with E-state index in [1.165, 1.54) is 11.9 Å². The molecule has 0 unspecified atom stereocenters. The number of halogens is 3. The van der Waals surface area contributed by atoms with Crippen molar-refractivity contribution in [1.29, 1.82) is 0 Å². The molecule has 2 N–H and O–H groups in total. The second-order valence-electron chi connectivity index (χ2n) is 4.33. The predicted octanol–water partition coefficient (Wildman–Crippen LogP) is 1.07. The molecule has 120 valence electrons. The van der Waals surface area contributed by atoms with Crippen molar-refractivity contribution in [3.8, 4) is 0 Å². The van der Waals surface area contributed by atoms with Crippen molar-refractivity contribution in [3.63, 3.8) is 0 Å². The number of hydrogen-bond acceptors (Lipinski definition) is 3. The highest BCUT2D eigenvalue weighted by molar-refractivity contribution is 5.79. The number of nitrogens with one attached hydrogen (secondary N) is 2. The average molecular weight is 298 g/mol. The van der Waals surface area contributed by atoms with E-state index in [2.05, 4.69) is 15.6 Å². The van der Waals surface area contributed by atoms with Crippen molar-refractivity contribution in [2.45, 2.75) is 19.5 Å². The van der Waals surface area contributed by atoms with Crippen LogP contribution in [0, 0.1) is 0 Å². The van der Waals surface area contributed by atoms with Crippen molar-refractivity contribution in [3.05, 3.63) is 0 Å². The Morgan fingerprint density at radius 1 is 1.25 bits per heavy atom. The summed E-state index contributed by atoms with van der Waals surface area (Å²) >= 11 is 0. The van der Waals surface area contributed by atoms with Gasteiger partial charge in [0.2, 0.25) is 0 Å². The Hall–Kier alpha value is -1.02. The third kappa shape index (κ3) is 12.0. The number of nitrogens with zero attached hydrogens (tertiary/aromatic N) is 2. The monoisotopic (exact) mass is 298 g/mol. The van der Waals surface area contributed by atoms with Crippen LogP contribution in [0.4, 0.5) is 13.2 Å². The Morgan fingerprint density at radius 2 is 1.90 bits per heavy atom. The van der Waals surface area contributed by atoms with Gasteiger partial charge in [-0.25, -0.2) is 0 Å². The summed E-state index contributed by atoms with van der Waals surface area (Å²) in [5.74, 6) is 0.628. The summed E-state index contributed by atoms with van der Waals surface area (Å²) in [6.07, 6.45) is -3.53. The van der Waals surface area contributed by atoms with E-state index in [4.69, 9.17) is 4.74 Å². The summed E-state index contributed by atoms with van der Waals surface area (Å²) in [7, 11) is 3.11. The van der Waals surface area contributed by atoms with E-state index in [0.29, 0.717) is 45.2 Å². The summed E-state index contributed by atoms with van der Waals surface area (Å²) in [6, 6.07) is 0. The molecule has 0 aromatic rings. The topological polar surface area (TPSA) is 48.9 Å². The number of alkyl halides is 3. The zero-order valence-corrected chi connectivity index (χ0v) is 12.4. The van der Waals surface area contributed by atoms with Crippen LogP contribution in [0.25, 0.3) is 0 Å². The minimum atomic E-state index is -4.14. The third-order valence-corrected chi connectivity index (χ3v) is 2.42. The molecule has 0 radical (unpaired) electrons. The highest BCUT2D eigenvalue weighted by Crippen LogP contribution is 2.15. The standard InChI is InChI=1S/C12H25F3N4O/c1-4-20-9-7-18-11(16-2)17-6-5-8-19(3)10-12(13,14)15/h4-10H2,1-3H3,(H2,16,17,18). The van der Waals surface area contributed by atoms with Gasteiger partial charge in [-0.05, 0) is 26.9 Å². The first-order chi connectivity index (χ1) is 9.39. The zero-order chi connectivity index (χ0) is 15.4. The fourth-order valence-corrected chi connectivity index (χ4v) is 1.55. The molecule has 0 aromatic carbocycles. The second kappa shape index (κ2) is 10.7. The van der Waals surface area contributed by atoms with Gasteiger partial charge >= 0.3 is 6.18 Å². The van der Waals surface area contributed by atoms with E-state index >= 15 is 0 Å². The van der Waals surface area contributed by atoms with Crippen LogP contribution in [0.15, 0.2) is 4.99 Å². The fourth-order valence-electron chi connectivity index (χ4n) is 1.55. The Morgan fingerprint density at radius 3 is 2.45 bits per heavy atom. The predicted molar refractivity (Wildman–Crippen MR) is 74.0 cm³/mol. The molecular formula is C12H25F3N4O. The molecule has 0 rings (SSSR count). The van der Waals surface area contributed by atoms with Gasteiger partial charge < -0.3 is 15.4 Å². The van der Waals surface area contributed by atoms with Crippen molar-refractivity contribution in [1.82, 2.24) is 15.5 Å². The van der Waals surface area contributed by atoms with Crippen molar-refractivity contribution in [2.24, 2.45) is 4.99 Å². The molecule has 0 saturated heterocycles. The van der Waals surface area contributed by atoms with Gasteiger partial charge in [0.25, 0.3) is 0 Å². The van der Waals surface area contributed by atoms with Gasteiger partial charge in [-0.1, -0.05) is 0 Å². The zero-order valence-electron chi connectivity index (χ0n) is 12.4. The van der Waals surface area contributed by atoms with Crippen LogP contribution in [0.1, 0.15) is 13.3 Å². The number of guanidine groups is 1. The number of ether oxygens (including phenoxy) is 1. The molecule has 0 atom stereocenters. The summed E-state index contributed by atoms with van der Waals surface area (Å²) in [4.78, 5) is 5.26. The van der Waals surface area contributed by atoms with Crippen LogP contribution in [-0.2, 0) is 4.74 Å². The van der Waals surface area contributed by atoms with Gasteiger partial charge in [0, 0.05) is 26.7 Å². The minimum Gasteiger partial charge on any atom is -0.380 e. The van der Waals surface area contributed by atoms with E-state index in [-0.39, 0.29) is 0 Å². The second-order valence-corrected chi connectivity index (χ2v) is 4.33. The summed E-state index contributed by atoms with van der Waals surface area (Å²) in [5.41, 5.74) is 0. The normalized spacial score (nSPS) is 12.8. The van der Waals surface area contributed by atoms with Crippen LogP contribution in [0.2, 0.25) is 0 Å². The molecule has 0 amide bonds. The first kappa shape index (κ1) is 19.0. The smallest absolute Gasteiger partial charge is 0.380 e. The first-order valence-corrected chi connectivity index (χ1v) is 6.66. The van der Waals surface area contributed by atoms with E-state index < -0.39 is 12.7 Å². The van der Waals surface area contributed by atoms with Crippen LogP contribution in [-0.4, -0.2) is 70.5 Å². The molecule has 0 aliphatic heterocycles. The van der Waals surface area contributed by atoms with Crippen molar-refractivity contribution < 1.29 is 17.9 Å². The molecule has 0 aliphatic rings. The van der Waals surface area contributed by atoms with Crippen LogP contribution < -0.4 is 10.6 Å². The Labute approximate surface area is 118 Å². The van der Waals surface area contributed by atoms with Crippen LogP contribution in [0.5, 0.6) is 0 Å². The quantitative estimate of drug-likeness (QED) is 0.380. The average Bonchev–Trinajstić information content (AvgIpc) is 2.34. The molecule has 0 aliphatic carbocycles. The van der Waals surface area contributed by atoms with Crippen molar-refractivity contribution >= 4 is 5.96 Å². The summed E-state index contributed by atoms with van der Waals surface area (Å²) in [5, 5.41) is 6.09. The largest absolute Gasteiger partial charge is 0.401 e. The lowest BCUT2D eigenvalue weighted by Gasteiger charge is -2.18. The van der Waals surface area contributed by atoms with Gasteiger partial charge in [-0.15, -0.1) is 0 Å². The maximum atomic E-state index is 12.1. The lowest BCUT2D eigenvalue weighted by atomic mass is 10.4. The van der Waals surface area contributed by atoms with Crippen molar-refractivity contribution in [2.75, 3.05) is 53.5 Å². The summed E-state index contributed by atoms with van der Waals surface area (Å²) < 4.78 is 41.5. The SMILES string of the molecule is CCOCCNC(=NC)NCCCN(C)CC(F)(F)F. The van der Waals surface area contributed by atoms with Gasteiger partial charge in [0.15, 0.2) is 5.96 Å². The molecule has 0 spiro atoms. The Balaban J connectivity index is 3.65. The van der Waals surface area contributed by atoms with Gasteiger partial charge in [-0.2, -0.15) is 13.2 Å². The molecular weight excluding hydrogens is 273 g/mol. The van der Waals surface area contributed by atoms with E-state index in [9.17, 15) is 13.2 Å². The highest BCUT2D eigenvalue weighted by atomic mass is 19.4. The fraction of sp³-hybridized carbons (Fsp3) is 0.917. The molecule has 20 heavy (non-hydrogen) atoms. The van der Waals surface area contributed by atoms with Gasteiger partial charge in [0.05, 0.1) is 13.2 Å². The van der Waals surface area contributed by atoms with E-state index in [0.717, 1.165) is 0 Å². The lowest BCUT2D eigenvalue weighted by molar-refractivity contribution is -0.143. The van der Waals surface area contributed by atoms with Crippen LogP contribution in [0.3, 0.4) is 0 Å². The molecule has 0 aromatic heterocycles. The highest BCUT2D eigenvalue weighted by Gasteiger charge is 2.28. The van der Waals surface area contributed by atoms with Gasteiger partial charge in [0.1, 0.15) is 0 Å². The van der Waals surface area contributed by atoms with E-state index in [1.54, 1.807) is 7.05 Å². The lowest BCUT2D eigenvalue weighted by Crippen LogP contribution is -2.40.